The molecule has 2 aromatic rings. The van der Waals surface area contributed by atoms with Crippen LogP contribution in [-0.4, -0.2) is 10.1 Å². The number of halogens is 2. The Bertz CT molecular complexity index is 523. The van der Waals surface area contributed by atoms with Gasteiger partial charge in [-0.05, 0) is 36.8 Å². The van der Waals surface area contributed by atoms with Crippen molar-refractivity contribution in [3.63, 3.8) is 0 Å². The van der Waals surface area contributed by atoms with Crippen molar-refractivity contribution in [3.8, 4) is 0 Å². The Morgan fingerprint density at radius 2 is 1.88 bits per heavy atom. The average Bonchev–Trinajstić information content (AvgIpc) is 2.29. The van der Waals surface area contributed by atoms with Crippen molar-refractivity contribution in [3.05, 3.63) is 65.5 Å². The molecule has 1 N–H and O–H groups in total. The second-order valence-corrected chi connectivity index (χ2v) is 3.94. The van der Waals surface area contributed by atoms with Gasteiger partial charge in [0.2, 0.25) is 0 Å². The first-order chi connectivity index (χ1) is 8.00. The van der Waals surface area contributed by atoms with E-state index in [0.29, 0.717) is 5.56 Å². The van der Waals surface area contributed by atoms with Crippen LogP contribution in [0.3, 0.4) is 0 Å². The molecule has 0 bridgehead atoms. The number of aliphatic hydroxyl groups is 1. The molecule has 1 atom stereocenters. The number of rotatable bonds is 2. The normalized spacial score (nSPS) is 14.4. The van der Waals surface area contributed by atoms with Crippen LogP contribution in [0.2, 0.25) is 0 Å². The summed E-state index contributed by atoms with van der Waals surface area (Å²) < 4.78 is 25.8. The standard InChI is InChI=1S/C13H11F2NO/c1-13(17,9-3-2-4-10(14)7-9)12-6-5-11(15)8-16-12/h2-8,17H,1H3. The summed E-state index contributed by atoms with van der Waals surface area (Å²) in [5.41, 5.74) is -0.809. The molecule has 88 valence electrons. The lowest BCUT2D eigenvalue weighted by Crippen LogP contribution is -2.24. The van der Waals surface area contributed by atoms with Gasteiger partial charge in [-0.1, -0.05) is 12.1 Å². The van der Waals surface area contributed by atoms with E-state index in [1.807, 2.05) is 0 Å². The molecule has 0 aliphatic rings. The number of aromatic nitrogens is 1. The van der Waals surface area contributed by atoms with Crippen LogP contribution in [0.5, 0.6) is 0 Å². The minimum Gasteiger partial charge on any atom is -0.379 e. The molecule has 0 spiro atoms. The molecule has 1 unspecified atom stereocenters. The largest absolute Gasteiger partial charge is 0.379 e. The third-order valence-corrected chi connectivity index (χ3v) is 2.61. The van der Waals surface area contributed by atoms with E-state index in [0.717, 1.165) is 6.20 Å². The maximum Gasteiger partial charge on any atom is 0.141 e. The van der Waals surface area contributed by atoms with Crippen molar-refractivity contribution >= 4 is 0 Å². The Balaban J connectivity index is 2.45. The highest BCUT2D eigenvalue weighted by molar-refractivity contribution is 5.31. The van der Waals surface area contributed by atoms with Gasteiger partial charge in [0.15, 0.2) is 0 Å². The fourth-order valence-electron chi connectivity index (χ4n) is 1.60. The van der Waals surface area contributed by atoms with Crippen molar-refractivity contribution in [2.24, 2.45) is 0 Å². The topological polar surface area (TPSA) is 33.1 Å². The van der Waals surface area contributed by atoms with E-state index >= 15 is 0 Å². The summed E-state index contributed by atoms with van der Waals surface area (Å²) in [6.45, 7) is 1.49. The van der Waals surface area contributed by atoms with E-state index in [1.165, 1.54) is 37.3 Å². The fraction of sp³-hybridized carbons (Fsp3) is 0.154. The first-order valence-electron chi connectivity index (χ1n) is 5.10. The molecule has 0 radical (unpaired) electrons. The van der Waals surface area contributed by atoms with Gasteiger partial charge in [-0.15, -0.1) is 0 Å². The van der Waals surface area contributed by atoms with Gasteiger partial charge in [0.05, 0.1) is 11.9 Å². The van der Waals surface area contributed by atoms with Crippen molar-refractivity contribution < 1.29 is 13.9 Å². The van der Waals surface area contributed by atoms with Crippen LogP contribution in [-0.2, 0) is 5.60 Å². The SMILES string of the molecule is CC(O)(c1cccc(F)c1)c1ccc(F)cn1. The molecule has 1 heterocycles. The molecular weight excluding hydrogens is 224 g/mol. The van der Waals surface area contributed by atoms with E-state index in [9.17, 15) is 13.9 Å². The quantitative estimate of drug-likeness (QED) is 0.868. The molecule has 4 heteroatoms. The second kappa shape index (κ2) is 4.22. The van der Waals surface area contributed by atoms with Crippen LogP contribution < -0.4 is 0 Å². The third-order valence-electron chi connectivity index (χ3n) is 2.61. The van der Waals surface area contributed by atoms with Gasteiger partial charge in [0.1, 0.15) is 17.2 Å². The minimum absolute atomic E-state index is 0.268. The summed E-state index contributed by atoms with van der Waals surface area (Å²) in [6.07, 6.45) is 1.02. The number of benzene rings is 1. The molecule has 0 amide bonds. The Hall–Kier alpha value is -1.81. The van der Waals surface area contributed by atoms with Crippen LogP contribution >= 0.6 is 0 Å². The fourth-order valence-corrected chi connectivity index (χ4v) is 1.60. The Morgan fingerprint density at radius 1 is 1.12 bits per heavy atom. The van der Waals surface area contributed by atoms with E-state index in [-0.39, 0.29) is 5.69 Å². The zero-order valence-corrected chi connectivity index (χ0v) is 9.19. The highest BCUT2D eigenvalue weighted by Crippen LogP contribution is 2.27. The molecule has 0 aliphatic heterocycles. The predicted octanol–water partition coefficient (Wildman–Crippen LogP) is 2.62. The van der Waals surface area contributed by atoms with Gasteiger partial charge in [-0.3, -0.25) is 4.98 Å². The smallest absolute Gasteiger partial charge is 0.141 e. The Labute approximate surface area is 97.6 Å². The average molecular weight is 235 g/mol. The van der Waals surface area contributed by atoms with E-state index in [4.69, 9.17) is 0 Å². The van der Waals surface area contributed by atoms with Crippen LogP contribution in [0.15, 0.2) is 42.6 Å². The molecule has 2 nitrogen and oxygen atoms in total. The molecule has 0 fully saturated rings. The highest BCUT2D eigenvalue weighted by atomic mass is 19.1. The van der Waals surface area contributed by atoms with Gasteiger partial charge in [-0.2, -0.15) is 0 Å². The second-order valence-electron chi connectivity index (χ2n) is 3.94. The van der Waals surface area contributed by atoms with Crippen LogP contribution in [0.25, 0.3) is 0 Å². The van der Waals surface area contributed by atoms with E-state index in [1.54, 1.807) is 6.07 Å². The lowest BCUT2D eigenvalue weighted by atomic mass is 9.92. The lowest BCUT2D eigenvalue weighted by Gasteiger charge is -2.23. The Kier molecular flexibility index (Phi) is 2.90. The van der Waals surface area contributed by atoms with E-state index in [2.05, 4.69) is 4.98 Å². The number of hydrogen-bond donors (Lipinski definition) is 1. The van der Waals surface area contributed by atoms with Crippen LogP contribution in [0.1, 0.15) is 18.2 Å². The van der Waals surface area contributed by atoms with Gasteiger partial charge in [-0.25, -0.2) is 8.78 Å². The first kappa shape index (κ1) is 11.7. The summed E-state index contributed by atoms with van der Waals surface area (Å²) in [5, 5.41) is 10.3. The zero-order valence-electron chi connectivity index (χ0n) is 9.19. The summed E-state index contributed by atoms with van der Waals surface area (Å²) in [5.74, 6) is -0.923. The van der Waals surface area contributed by atoms with Gasteiger partial charge >= 0.3 is 0 Å². The van der Waals surface area contributed by atoms with Gasteiger partial charge in [0.25, 0.3) is 0 Å². The molecule has 0 saturated carbocycles. The van der Waals surface area contributed by atoms with E-state index < -0.39 is 17.2 Å². The number of pyridine rings is 1. The monoisotopic (exact) mass is 235 g/mol. The maximum atomic E-state index is 13.1. The molecule has 1 aromatic carbocycles. The highest BCUT2D eigenvalue weighted by Gasteiger charge is 2.27. The molecular formula is C13H11F2NO. The molecule has 2 rings (SSSR count). The van der Waals surface area contributed by atoms with Crippen LogP contribution in [0.4, 0.5) is 8.78 Å². The molecule has 17 heavy (non-hydrogen) atoms. The van der Waals surface area contributed by atoms with Gasteiger partial charge < -0.3 is 5.11 Å². The predicted molar refractivity (Wildman–Crippen MR) is 59.3 cm³/mol. The summed E-state index contributed by atoms with van der Waals surface area (Å²) in [7, 11) is 0. The third kappa shape index (κ3) is 2.31. The first-order valence-corrected chi connectivity index (χ1v) is 5.10. The van der Waals surface area contributed by atoms with Crippen molar-refractivity contribution in [2.45, 2.75) is 12.5 Å². The van der Waals surface area contributed by atoms with Crippen LogP contribution in [0, 0.1) is 11.6 Å². The summed E-state index contributed by atoms with van der Waals surface area (Å²) >= 11 is 0. The summed E-state index contributed by atoms with van der Waals surface area (Å²) in [4.78, 5) is 3.81. The molecule has 0 saturated heterocycles. The molecule has 0 aliphatic carbocycles. The minimum atomic E-state index is -1.45. The zero-order chi connectivity index (χ0) is 12.5. The number of nitrogens with zero attached hydrogens (tertiary/aromatic N) is 1. The van der Waals surface area contributed by atoms with Crippen molar-refractivity contribution in [1.29, 1.82) is 0 Å². The Morgan fingerprint density at radius 3 is 2.47 bits per heavy atom. The summed E-state index contributed by atoms with van der Waals surface area (Å²) in [6, 6.07) is 8.19. The van der Waals surface area contributed by atoms with Gasteiger partial charge in [0, 0.05) is 0 Å². The number of hydrogen-bond acceptors (Lipinski definition) is 2. The van der Waals surface area contributed by atoms with Crippen molar-refractivity contribution in [1.82, 2.24) is 4.98 Å². The van der Waals surface area contributed by atoms with Crippen molar-refractivity contribution in [2.75, 3.05) is 0 Å². The maximum absolute atomic E-state index is 13.1. The lowest BCUT2D eigenvalue weighted by molar-refractivity contribution is 0.0969. The molecule has 1 aromatic heterocycles.